The number of benzene rings is 2. The van der Waals surface area contributed by atoms with Gasteiger partial charge in [0.25, 0.3) is 0 Å². The molecule has 0 aliphatic heterocycles. The zero-order chi connectivity index (χ0) is 14.9. The zero-order valence-corrected chi connectivity index (χ0v) is 11.1. The highest BCUT2D eigenvalue weighted by Gasteiger charge is 2.49. The van der Waals surface area contributed by atoms with E-state index in [1.54, 1.807) is 30.3 Å². The van der Waals surface area contributed by atoms with Crippen molar-refractivity contribution in [2.45, 2.75) is 25.3 Å². The molecule has 2 aromatic carbocycles. The van der Waals surface area contributed by atoms with Crippen LogP contribution < -0.4 is 5.32 Å². The standard InChI is InChI=1S/C15H15F4N/c1-9-7-8-12(11-6-4-3-5-10(9)11)13(20-2)15(18,19)14(16)17/h3-8,13-14,20H,1-2H3. The number of rotatable bonds is 4. The van der Waals surface area contributed by atoms with Gasteiger partial charge in [-0.25, -0.2) is 8.78 Å². The Morgan fingerprint density at radius 1 is 1.00 bits per heavy atom. The summed E-state index contributed by atoms with van der Waals surface area (Å²) < 4.78 is 52.7. The van der Waals surface area contributed by atoms with Crippen LogP contribution in [0.1, 0.15) is 17.2 Å². The van der Waals surface area contributed by atoms with Crippen LogP contribution in [-0.2, 0) is 0 Å². The highest BCUT2D eigenvalue weighted by molar-refractivity contribution is 5.89. The van der Waals surface area contributed by atoms with Crippen LogP contribution in [0, 0.1) is 6.92 Å². The minimum atomic E-state index is -4.13. The number of nitrogens with one attached hydrogen (secondary N) is 1. The number of hydrogen-bond donors (Lipinski definition) is 1. The molecule has 0 bridgehead atoms. The molecule has 1 atom stereocenters. The monoisotopic (exact) mass is 285 g/mol. The van der Waals surface area contributed by atoms with Gasteiger partial charge in [-0.3, -0.25) is 0 Å². The minimum absolute atomic E-state index is 0.180. The van der Waals surface area contributed by atoms with Gasteiger partial charge in [-0.2, -0.15) is 8.78 Å². The van der Waals surface area contributed by atoms with Crippen LogP contribution in [0.4, 0.5) is 17.6 Å². The molecule has 0 aromatic heterocycles. The molecular weight excluding hydrogens is 270 g/mol. The quantitative estimate of drug-likeness (QED) is 0.825. The maximum absolute atomic E-state index is 13.7. The Labute approximate surface area is 114 Å². The Bertz CT molecular complexity index is 610. The summed E-state index contributed by atoms with van der Waals surface area (Å²) in [5, 5.41) is 3.67. The van der Waals surface area contributed by atoms with Crippen LogP contribution in [0.3, 0.4) is 0 Å². The lowest BCUT2D eigenvalue weighted by molar-refractivity contribution is -0.150. The van der Waals surface area contributed by atoms with Gasteiger partial charge in [-0.1, -0.05) is 36.4 Å². The van der Waals surface area contributed by atoms with Gasteiger partial charge in [0.15, 0.2) is 0 Å². The Kier molecular flexibility index (Phi) is 3.99. The average molecular weight is 285 g/mol. The maximum Gasteiger partial charge on any atom is 0.326 e. The van der Waals surface area contributed by atoms with Gasteiger partial charge < -0.3 is 5.32 Å². The first-order valence-corrected chi connectivity index (χ1v) is 6.21. The van der Waals surface area contributed by atoms with E-state index in [9.17, 15) is 17.6 Å². The second kappa shape index (κ2) is 5.40. The topological polar surface area (TPSA) is 12.0 Å². The van der Waals surface area contributed by atoms with Crippen molar-refractivity contribution in [1.82, 2.24) is 5.32 Å². The Hall–Kier alpha value is -1.62. The largest absolute Gasteiger partial charge is 0.326 e. The van der Waals surface area contributed by atoms with Gasteiger partial charge in [-0.05, 0) is 35.9 Å². The molecule has 0 saturated carbocycles. The number of aryl methyl sites for hydroxylation is 1. The van der Waals surface area contributed by atoms with Crippen LogP contribution in [0.25, 0.3) is 10.8 Å². The first-order valence-electron chi connectivity index (χ1n) is 6.21. The molecule has 108 valence electrons. The molecule has 1 nitrogen and oxygen atoms in total. The normalized spacial score (nSPS) is 13.9. The minimum Gasteiger partial charge on any atom is -0.308 e. The van der Waals surface area contributed by atoms with Crippen molar-refractivity contribution < 1.29 is 17.6 Å². The maximum atomic E-state index is 13.7. The van der Waals surface area contributed by atoms with Crippen molar-refractivity contribution in [3.8, 4) is 0 Å². The van der Waals surface area contributed by atoms with Crippen molar-refractivity contribution in [2.24, 2.45) is 0 Å². The van der Waals surface area contributed by atoms with E-state index in [2.05, 4.69) is 5.32 Å². The van der Waals surface area contributed by atoms with Crippen LogP contribution in [0.5, 0.6) is 0 Å². The molecule has 1 unspecified atom stereocenters. The predicted molar refractivity (Wildman–Crippen MR) is 71.4 cm³/mol. The van der Waals surface area contributed by atoms with Crippen LogP contribution in [-0.4, -0.2) is 19.4 Å². The molecule has 0 aliphatic rings. The third-order valence-electron chi connectivity index (χ3n) is 3.45. The van der Waals surface area contributed by atoms with Crippen molar-refractivity contribution in [2.75, 3.05) is 7.05 Å². The second-order valence-electron chi connectivity index (χ2n) is 4.71. The molecular formula is C15H15F4N. The molecule has 1 N–H and O–H groups in total. The highest BCUT2D eigenvalue weighted by atomic mass is 19.3. The Balaban J connectivity index is 2.65. The van der Waals surface area contributed by atoms with Crippen molar-refractivity contribution in [3.05, 3.63) is 47.5 Å². The molecule has 0 aliphatic carbocycles. The summed E-state index contributed by atoms with van der Waals surface area (Å²) in [7, 11) is 1.26. The predicted octanol–water partition coefficient (Wildman–Crippen LogP) is 4.31. The highest BCUT2D eigenvalue weighted by Crippen LogP contribution is 2.39. The third-order valence-corrected chi connectivity index (χ3v) is 3.45. The lowest BCUT2D eigenvalue weighted by Crippen LogP contribution is -2.41. The third kappa shape index (κ3) is 2.38. The van der Waals surface area contributed by atoms with Gasteiger partial charge >= 0.3 is 12.3 Å². The van der Waals surface area contributed by atoms with E-state index in [1.807, 2.05) is 6.92 Å². The smallest absolute Gasteiger partial charge is 0.308 e. The van der Waals surface area contributed by atoms with E-state index < -0.39 is 18.4 Å². The molecule has 20 heavy (non-hydrogen) atoms. The molecule has 0 saturated heterocycles. The average Bonchev–Trinajstić information content (AvgIpc) is 2.42. The van der Waals surface area contributed by atoms with Crippen LogP contribution in [0.2, 0.25) is 0 Å². The SMILES string of the molecule is CNC(c1ccc(C)c2ccccc12)C(F)(F)C(F)F. The fourth-order valence-electron chi connectivity index (χ4n) is 2.41. The van der Waals surface area contributed by atoms with E-state index >= 15 is 0 Å². The zero-order valence-electron chi connectivity index (χ0n) is 11.1. The summed E-state index contributed by atoms with van der Waals surface area (Å²) >= 11 is 0. The number of halogens is 4. The molecule has 0 spiro atoms. The second-order valence-corrected chi connectivity index (χ2v) is 4.71. The van der Waals surface area contributed by atoms with E-state index in [0.29, 0.717) is 5.39 Å². The lowest BCUT2D eigenvalue weighted by atomic mass is 9.93. The molecule has 0 amide bonds. The van der Waals surface area contributed by atoms with Crippen LogP contribution >= 0.6 is 0 Å². The number of alkyl halides is 4. The van der Waals surface area contributed by atoms with Crippen molar-refractivity contribution >= 4 is 10.8 Å². The van der Waals surface area contributed by atoms with Gasteiger partial charge in [0, 0.05) is 0 Å². The summed E-state index contributed by atoms with van der Waals surface area (Å²) in [6, 6.07) is 8.38. The summed E-state index contributed by atoms with van der Waals surface area (Å²) in [5.74, 6) is -4.13. The number of hydrogen-bond acceptors (Lipinski definition) is 1. The van der Waals surface area contributed by atoms with Crippen molar-refractivity contribution in [1.29, 1.82) is 0 Å². The van der Waals surface area contributed by atoms with Gasteiger partial charge in [0.1, 0.15) is 6.04 Å². The first kappa shape index (κ1) is 14.8. The summed E-state index contributed by atoms with van der Waals surface area (Å²) in [5.41, 5.74) is 1.10. The Morgan fingerprint density at radius 2 is 1.60 bits per heavy atom. The van der Waals surface area contributed by atoms with Crippen molar-refractivity contribution in [3.63, 3.8) is 0 Å². The number of fused-ring (bicyclic) bond motifs is 1. The van der Waals surface area contributed by atoms with E-state index in [1.165, 1.54) is 13.1 Å². The van der Waals surface area contributed by atoms with Crippen LogP contribution in [0.15, 0.2) is 36.4 Å². The summed E-state index contributed by atoms with van der Waals surface area (Å²) in [4.78, 5) is 0. The molecule has 0 radical (unpaired) electrons. The van der Waals surface area contributed by atoms with Gasteiger partial charge in [-0.15, -0.1) is 0 Å². The summed E-state index contributed by atoms with van der Waals surface area (Å²) in [6.07, 6.45) is -3.72. The van der Waals surface area contributed by atoms with E-state index in [0.717, 1.165) is 10.9 Å². The lowest BCUT2D eigenvalue weighted by Gasteiger charge is -2.27. The molecule has 5 heteroatoms. The van der Waals surface area contributed by atoms with Gasteiger partial charge in [0.05, 0.1) is 0 Å². The van der Waals surface area contributed by atoms with E-state index in [-0.39, 0.29) is 5.56 Å². The fraction of sp³-hybridized carbons (Fsp3) is 0.333. The van der Waals surface area contributed by atoms with Gasteiger partial charge in [0.2, 0.25) is 0 Å². The molecule has 0 fully saturated rings. The molecule has 0 heterocycles. The fourth-order valence-corrected chi connectivity index (χ4v) is 2.41. The molecule has 2 rings (SSSR count). The molecule has 2 aromatic rings. The summed E-state index contributed by atoms with van der Waals surface area (Å²) in [6.45, 7) is 1.85. The van der Waals surface area contributed by atoms with E-state index in [4.69, 9.17) is 0 Å². The Morgan fingerprint density at radius 3 is 2.15 bits per heavy atom. The first-order chi connectivity index (χ1) is 9.39.